The number of ether oxygens (including phenoxy) is 1. The van der Waals surface area contributed by atoms with E-state index in [-0.39, 0.29) is 28.8 Å². The molecular formula is C18H16BrF3N2O4S. The molecule has 156 valence electrons. The quantitative estimate of drug-likeness (QED) is 0.659. The molecule has 3 rings (SSSR count). The van der Waals surface area contributed by atoms with Gasteiger partial charge in [0.05, 0.1) is 11.3 Å². The van der Waals surface area contributed by atoms with Crippen LogP contribution in [0.25, 0.3) is 0 Å². The lowest BCUT2D eigenvalue weighted by molar-refractivity contribution is -0.137. The number of alkyl halides is 3. The van der Waals surface area contributed by atoms with Gasteiger partial charge in [0.1, 0.15) is 4.90 Å². The number of sulfonamides is 1. The van der Waals surface area contributed by atoms with Gasteiger partial charge in [-0.2, -0.15) is 13.2 Å². The van der Waals surface area contributed by atoms with Crippen LogP contribution in [-0.2, 0) is 27.5 Å². The molecule has 0 aliphatic carbocycles. The molecule has 11 heteroatoms. The third-order valence-corrected chi connectivity index (χ3v) is 6.10. The van der Waals surface area contributed by atoms with Crippen molar-refractivity contribution in [2.75, 3.05) is 5.32 Å². The molecule has 1 atom stereocenters. The van der Waals surface area contributed by atoms with Crippen molar-refractivity contribution in [1.82, 2.24) is 4.72 Å². The van der Waals surface area contributed by atoms with Gasteiger partial charge in [-0.05, 0) is 36.2 Å². The highest BCUT2D eigenvalue weighted by molar-refractivity contribution is 9.10. The molecular weight excluding hydrogens is 477 g/mol. The number of nitrogens with one attached hydrogen (secondary N) is 2. The van der Waals surface area contributed by atoms with Crippen LogP contribution in [0.5, 0.6) is 5.75 Å². The molecule has 1 unspecified atom stereocenters. The summed E-state index contributed by atoms with van der Waals surface area (Å²) in [6, 6.07) is 7.02. The maximum atomic E-state index is 12.8. The number of fused-ring (bicyclic) bond motifs is 1. The Bertz CT molecular complexity index is 1040. The lowest BCUT2D eigenvalue weighted by atomic mass is 10.1. The molecule has 1 aliphatic heterocycles. The number of amides is 1. The van der Waals surface area contributed by atoms with E-state index < -0.39 is 27.9 Å². The second-order valence-corrected chi connectivity index (χ2v) is 8.95. The number of rotatable bonds is 5. The van der Waals surface area contributed by atoms with Crippen molar-refractivity contribution in [2.24, 2.45) is 0 Å². The number of hydrogen-bond acceptors (Lipinski definition) is 4. The van der Waals surface area contributed by atoms with Gasteiger partial charge < -0.3 is 10.1 Å². The van der Waals surface area contributed by atoms with Crippen LogP contribution >= 0.6 is 15.9 Å². The van der Waals surface area contributed by atoms with E-state index in [1.54, 1.807) is 6.92 Å². The Balaban J connectivity index is 1.86. The number of carbonyl (C=O) groups excluding carboxylic acids is 1. The van der Waals surface area contributed by atoms with E-state index >= 15 is 0 Å². The van der Waals surface area contributed by atoms with Crippen LogP contribution < -0.4 is 14.8 Å². The summed E-state index contributed by atoms with van der Waals surface area (Å²) in [6.45, 7) is 1.51. The predicted molar refractivity (Wildman–Crippen MR) is 103 cm³/mol. The van der Waals surface area contributed by atoms with Crippen LogP contribution in [0.2, 0.25) is 0 Å². The minimum absolute atomic E-state index is 0.0135. The molecule has 1 heterocycles. The molecule has 0 aromatic heterocycles. The first kappa shape index (κ1) is 21.6. The number of halogens is 4. The van der Waals surface area contributed by atoms with Gasteiger partial charge in [0.15, 0.2) is 11.9 Å². The number of carbonyl (C=O) groups is 1. The van der Waals surface area contributed by atoms with E-state index in [0.29, 0.717) is 16.5 Å². The molecule has 1 aliphatic rings. The number of anilines is 1. The van der Waals surface area contributed by atoms with Crippen molar-refractivity contribution < 1.29 is 31.1 Å². The summed E-state index contributed by atoms with van der Waals surface area (Å²) >= 11 is 3.20. The van der Waals surface area contributed by atoms with Gasteiger partial charge in [-0.25, -0.2) is 13.1 Å². The largest absolute Gasteiger partial charge is 0.477 e. The molecule has 2 aromatic rings. The zero-order chi connectivity index (χ0) is 21.4. The Hall–Kier alpha value is -2.11. The molecule has 0 radical (unpaired) electrons. The maximum Gasteiger partial charge on any atom is 0.416 e. The SMILES string of the molecule is CCC1Oc2c(cc(Br)cc2S(=O)(=O)NCc2ccc(C(F)(F)F)cc2)NC1=O. The van der Waals surface area contributed by atoms with Crippen LogP contribution in [0.3, 0.4) is 0 Å². The van der Waals surface area contributed by atoms with Gasteiger partial charge in [-0.3, -0.25) is 4.79 Å². The number of hydrogen-bond donors (Lipinski definition) is 2. The van der Waals surface area contributed by atoms with Crippen molar-refractivity contribution in [2.45, 2.75) is 37.1 Å². The monoisotopic (exact) mass is 492 g/mol. The third kappa shape index (κ3) is 4.73. The first-order chi connectivity index (χ1) is 13.5. The molecule has 1 amide bonds. The fourth-order valence-electron chi connectivity index (χ4n) is 2.73. The van der Waals surface area contributed by atoms with E-state index in [0.717, 1.165) is 12.1 Å². The zero-order valence-electron chi connectivity index (χ0n) is 15.0. The van der Waals surface area contributed by atoms with E-state index in [9.17, 15) is 26.4 Å². The molecule has 0 saturated carbocycles. The Labute approximate surface area is 173 Å². The van der Waals surface area contributed by atoms with Crippen molar-refractivity contribution in [3.63, 3.8) is 0 Å². The Morgan fingerprint density at radius 1 is 1.21 bits per heavy atom. The summed E-state index contributed by atoms with van der Waals surface area (Å²) in [6.07, 6.45) is -4.95. The summed E-state index contributed by atoms with van der Waals surface area (Å²) < 4.78 is 71.9. The molecule has 6 nitrogen and oxygen atoms in total. The van der Waals surface area contributed by atoms with Gasteiger partial charge in [0.2, 0.25) is 10.0 Å². The molecule has 0 bridgehead atoms. The van der Waals surface area contributed by atoms with Crippen molar-refractivity contribution >= 4 is 37.5 Å². The Morgan fingerprint density at radius 2 is 1.86 bits per heavy atom. The first-order valence-electron chi connectivity index (χ1n) is 8.48. The topological polar surface area (TPSA) is 84.5 Å². The standard InChI is InChI=1S/C18H16BrF3N2O4S/c1-2-14-17(25)24-13-7-12(19)8-15(16(13)28-14)29(26,27)23-9-10-3-5-11(6-4-10)18(20,21)22/h3-8,14,23H,2,9H2,1H3,(H,24,25). The summed E-state index contributed by atoms with van der Waals surface area (Å²) in [5, 5.41) is 2.62. The second kappa shape index (κ2) is 7.96. The molecule has 2 aromatic carbocycles. The van der Waals surface area contributed by atoms with E-state index in [1.165, 1.54) is 24.3 Å². The maximum absolute atomic E-state index is 12.8. The molecule has 0 fully saturated rings. The smallest absolute Gasteiger partial charge is 0.416 e. The third-order valence-electron chi connectivity index (χ3n) is 4.24. The van der Waals surface area contributed by atoms with E-state index in [1.807, 2.05) is 0 Å². The number of benzene rings is 2. The van der Waals surface area contributed by atoms with Crippen molar-refractivity contribution in [3.8, 4) is 5.75 Å². The van der Waals surface area contributed by atoms with Crippen LogP contribution in [0.15, 0.2) is 45.8 Å². The minimum atomic E-state index is -4.47. The second-order valence-electron chi connectivity index (χ2n) is 6.30. The van der Waals surface area contributed by atoms with Gasteiger partial charge in [-0.1, -0.05) is 35.0 Å². The lowest BCUT2D eigenvalue weighted by Gasteiger charge is -2.27. The Morgan fingerprint density at radius 3 is 2.45 bits per heavy atom. The summed E-state index contributed by atoms with van der Waals surface area (Å²) in [4.78, 5) is 11.8. The Kier molecular flexibility index (Phi) is 5.93. The lowest BCUT2D eigenvalue weighted by Crippen LogP contribution is -2.37. The average Bonchev–Trinajstić information content (AvgIpc) is 2.65. The fourth-order valence-corrected chi connectivity index (χ4v) is 4.53. The van der Waals surface area contributed by atoms with Gasteiger partial charge in [0.25, 0.3) is 5.91 Å². The highest BCUT2D eigenvalue weighted by atomic mass is 79.9. The molecule has 2 N–H and O–H groups in total. The molecule has 0 spiro atoms. The fraction of sp³-hybridized carbons (Fsp3) is 0.278. The van der Waals surface area contributed by atoms with Crippen LogP contribution in [0.4, 0.5) is 18.9 Å². The van der Waals surface area contributed by atoms with E-state index in [2.05, 4.69) is 26.0 Å². The van der Waals surface area contributed by atoms with Crippen molar-refractivity contribution in [1.29, 1.82) is 0 Å². The van der Waals surface area contributed by atoms with Gasteiger partial charge >= 0.3 is 6.18 Å². The molecule has 29 heavy (non-hydrogen) atoms. The highest BCUT2D eigenvalue weighted by Gasteiger charge is 2.33. The minimum Gasteiger partial charge on any atom is -0.477 e. The summed E-state index contributed by atoms with van der Waals surface area (Å²) in [7, 11) is -4.09. The van der Waals surface area contributed by atoms with E-state index in [4.69, 9.17) is 4.74 Å². The van der Waals surface area contributed by atoms with Crippen LogP contribution in [0, 0.1) is 0 Å². The van der Waals surface area contributed by atoms with Gasteiger partial charge in [-0.15, -0.1) is 0 Å². The zero-order valence-corrected chi connectivity index (χ0v) is 17.4. The van der Waals surface area contributed by atoms with Crippen LogP contribution in [-0.4, -0.2) is 20.4 Å². The summed E-state index contributed by atoms with van der Waals surface area (Å²) in [5.41, 5.74) is -0.255. The highest BCUT2D eigenvalue weighted by Crippen LogP contribution is 2.39. The normalized spacial score (nSPS) is 16.7. The van der Waals surface area contributed by atoms with Crippen molar-refractivity contribution in [3.05, 3.63) is 52.0 Å². The molecule has 0 saturated heterocycles. The predicted octanol–water partition coefficient (Wildman–Crippen LogP) is 4.06. The average molecular weight is 493 g/mol. The van der Waals surface area contributed by atoms with Crippen LogP contribution in [0.1, 0.15) is 24.5 Å². The van der Waals surface area contributed by atoms with Gasteiger partial charge in [0, 0.05) is 11.0 Å². The summed E-state index contributed by atoms with van der Waals surface area (Å²) in [5.74, 6) is -0.362. The first-order valence-corrected chi connectivity index (χ1v) is 10.8.